The average Bonchev–Trinajstić information content (AvgIpc) is 3.01. The van der Waals surface area contributed by atoms with Gasteiger partial charge < -0.3 is 10.5 Å². The molecule has 2 heteroatoms. The van der Waals surface area contributed by atoms with Crippen molar-refractivity contribution in [3.63, 3.8) is 0 Å². The van der Waals surface area contributed by atoms with Gasteiger partial charge in [0.15, 0.2) is 0 Å². The van der Waals surface area contributed by atoms with Crippen molar-refractivity contribution in [3.05, 3.63) is 42.0 Å². The SMILES string of the molecule is CCCCCOc1ccc2cc(C3CCC(N)(CC)C3)ccc2c1. The van der Waals surface area contributed by atoms with Gasteiger partial charge in [-0.05, 0) is 66.5 Å². The fourth-order valence-electron chi connectivity index (χ4n) is 3.89. The first-order chi connectivity index (χ1) is 11.6. The van der Waals surface area contributed by atoms with Crippen LogP contribution in [0.1, 0.15) is 70.3 Å². The van der Waals surface area contributed by atoms with Crippen LogP contribution in [0.2, 0.25) is 0 Å². The molecule has 0 aromatic heterocycles. The molecule has 2 aromatic rings. The molecule has 0 radical (unpaired) electrons. The number of benzene rings is 2. The molecule has 2 unspecified atom stereocenters. The molecule has 2 atom stereocenters. The maximum absolute atomic E-state index is 6.47. The third-order valence-corrected chi connectivity index (χ3v) is 5.67. The Hall–Kier alpha value is -1.54. The lowest BCUT2D eigenvalue weighted by molar-refractivity contribution is 0.306. The molecule has 24 heavy (non-hydrogen) atoms. The van der Waals surface area contributed by atoms with Crippen LogP contribution < -0.4 is 10.5 Å². The maximum atomic E-state index is 6.47. The number of nitrogens with two attached hydrogens (primary N) is 1. The minimum atomic E-state index is 0.0514. The highest BCUT2D eigenvalue weighted by Gasteiger charge is 2.34. The highest BCUT2D eigenvalue weighted by Crippen LogP contribution is 2.41. The van der Waals surface area contributed by atoms with E-state index in [-0.39, 0.29) is 5.54 Å². The number of rotatable bonds is 7. The summed E-state index contributed by atoms with van der Waals surface area (Å²) in [6.45, 7) is 5.24. The van der Waals surface area contributed by atoms with Gasteiger partial charge in [0.05, 0.1) is 6.61 Å². The molecule has 1 aliphatic rings. The van der Waals surface area contributed by atoms with Crippen LogP contribution in [0.25, 0.3) is 10.8 Å². The quantitative estimate of drug-likeness (QED) is 0.654. The van der Waals surface area contributed by atoms with E-state index in [0.29, 0.717) is 5.92 Å². The summed E-state index contributed by atoms with van der Waals surface area (Å²) in [6, 6.07) is 13.3. The van der Waals surface area contributed by atoms with Crippen molar-refractivity contribution in [2.75, 3.05) is 6.61 Å². The fraction of sp³-hybridized carbons (Fsp3) is 0.545. The molecule has 0 heterocycles. The zero-order valence-corrected chi connectivity index (χ0v) is 15.2. The summed E-state index contributed by atoms with van der Waals surface area (Å²) in [5, 5.41) is 2.57. The molecular formula is C22H31NO. The first kappa shape index (κ1) is 17.3. The number of hydrogen-bond acceptors (Lipinski definition) is 2. The number of fused-ring (bicyclic) bond motifs is 1. The Morgan fingerprint density at radius 2 is 1.88 bits per heavy atom. The molecule has 0 spiro atoms. The summed E-state index contributed by atoms with van der Waals surface area (Å²) in [4.78, 5) is 0. The van der Waals surface area contributed by atoms with Crippen LogP contribution in [0, 0.1) is 0 Å². The predicted octanol–water partition coefficient (Wildman–Crippen LogP) is 5.78. The normalized spacial score (nSPS) is 23.7. The highest BCUT2D eigenvalue weighted by atomic mass is 16.5. The second-order valence-electron chi connectivity index (χ2n) is 7.48. The second-order valence-corrected chi connectivity index (χ2v) is 7.48. The molecule has 130 valence electrons. The lowest BCUT2D eigenvalue weighted by Gasteiger charge is -2.22. The van der Waals surface area contributed by atoms with Crippen LogP contribution >= 0.6 is 0 Å². The molecule has 0 saturated heterocycles. The van der Waals surface area contributed by atoms with Gasteiger partial charge in [0.2, 0.25) is 0 Å². The molecule has 0 aliphatic heterocycles. The van der Waals surface area contributed by atoms with Crippen molar-refractivity contribution in [1.29, 1.82) is 0 Å². The van der Waals surface area contributed by atoms with E-state index < -0.39 is 0 Å². The lowest BCUT2D eigenvalue weighted by Crippen LogP contribution is -2.35. The molecule has 1 aliphatic carbocycles. The highest BCUT2D eigenvalue weighted by molar-refractivity contribution is 5.84. The molecule has 2 nitrogen and oxygen atoms in total. The van der Waals surface area contributed by atoms with Crippen LogP contribution in [0.5, 0.6) is 5.75 Å². The van der Waals surface area contributed by atoms with Gasteiger partial charge in [0, 0.05) is 5.54 Å². The van der Waals surface area contributed by atoms with Crippen LogP contribution in [0.4, 0.5) is 0 Å². The Labute approximate surface area is 146 Å². The van der Waals surface area contributed by atoms with Gasteiger partial charge in [0.25, 0.3) is 0 Å². The van der Waals surface area contributed by atoms with Crippen molar-refractivity contribution in [2.24, 2.45) is 5.73 Å². The van der Waals surface area contributed by atoms with Gasteiger partial charge in [-0.3, -0.25) is 0 Å². The second kappa shape index (κ2) is 7.57. The lowest BCUT2D eigenvalue weighted by atomic mass is 9.90. The van der Waals surface area contributed by atoms with Crippen molar-refractivity contribution >= 4 is 10.8 Å². The van der Waals surface area contributed by atoms with Crippen molar-refractivity contribution < 1.29 is 4.74 Å². The zero-order chi connectivity index (χ0) is 17.0. The largest absolute Gasteiger partial charge is 0.494 e. The monoisotopic (exact) mass is 325 g/mol. The Morgan fingerprint density at radius 3 is 2.62 bits per heavy atom. The van der Waals surface area contributed by atoms with Crippen LogP contribution in [-0.2, 0) is 0 Å². The van der Waals surface area contributed by atoms with Crippen molar-refractivity contribution in [3.8, 4) is 5.75 Å². The van der Waals surface area contributed by atoms with Gasteiger partial charge in [-0.15, -0.1) is 0 Å². The van der Waals surface area contributed by atoms with E-state index in [9.17, 15) is 0 Å². The molecule has 0 bridgehead atoms. The van der Waals surface area contributed by atoms with Gasteiger partial charge in [0.1, 0.15) is 5.75 Å². The van der Waals surface area contributed by atoms with E-state index in [1.807, 2.05) is 0 Å². The van der Waals surface area contributed by atoms with Crippen LogP contribution in [0.3, 0.4) is 0 Å². The van der Waals surface area contributed by atoms with Crippen LogP contribution in [0.15, 0.2) is 36.4 Å². The van der Waals surface area contributed by atoms with E-state index in [1.54, 1.807) is 0 Å². The number of hydrogen-bond donors (Lipinski definition) is 1. The third-order valence-electron chi connectivity index (χ3n) is 5.67. The Kier molecular flexibility index (Phi) is 5.45. The molecule has 2 N–H and O–H groups in total. The summed E-state index contributed by atoms with van der Waals surface area (Å²) >= 11 is 0. The summed E-state index contributed by atoms with van der Waals surface area (Å²) in [5.41, 5.74) is 7.97. The predicted molar refractivity (Wildman–Crippen MR) is 103 cm³/mol. The van der Waals surface area contributed by atoms with Crippen molar-refractivity contribution in [2.45, 2.75) is 70.3 Å². The fourth-order valence-corrected chi connectivity index (χ4v) is 3.89. The molecule has 3 rings (SSSR count). The zero-order valence-electron chi connectivity index (χ0n) is 15.2. The molecule has 2 aromatic carbocycles. The summed E-state index contributed by atoms with van der Waals surface area (Å²) in [7, 11) is 0. The first-order valence-corrected chi connectivity index (χ1v) is 9.59. The molecular weight excluding hydrogens is 294 g/mol. The van der Waals surface area contributed by atoms with E-state index in [1.165, 1.54) is 35.6 Å². The van der Waals surface area contributed by atoms with Gasteiger partial charge in [-0.25, -0.2) is 0 Å². The molecule has 0 amide bonds. The molecule has 1 fully saturated rings. The summed E-state index contributed by atoms with van der Waals surface area (Å²) in [6.07, 6.45) is 8.16. The number of ether oxygens (including phenoxy) is 1. The molecule has 1 saturated carbocycles. The van der Waals surface area contributed by atoms with Crippen molar-refractivity contribution in [1.82, 2.24) is 0 Å². The van der Waals surface area contributed by atoms with E-state index in [4.69, 9.17) is 10.5 Å². The third kappa shape index (κ3) is 3.92. The Morgan fingerprint density at radius 1 is 1.08 bits per heavy atom. The van der Waals surface area contributed by atoms with Crippen LogP contribution in [-0.4, -0.2) is 12.1 Å². The standard InChI is InChI=1S/C22H31NO/c1-3-5-6-13-24-21-10-9-17-14-18(7-8-19(17)15-21)20-11-12-22(23,4-2)16-20/h7-10,14-15,20H,3-6,11-13,16,23H2,1-2H3. The van der Waals surface area contributed by atoms with Gasteiger partial charge in [-0.1, -0.05) is 51.0 Å². The topological polar surface area (TPSA) is 35.2 Å². The van der Waals surface area contributed by atoms with E-state index >= 15 is 0 Å². The summed E-state index contributed by atoms with van der Waals surface area (Å²) in [5.74, 6) is 1.60. The Bertz CT molecular complexity index is 681. The number of unbranched alkanes of at least 4 members (excludes halogenated alkanes) is 2. The first-order valence-electron chi connectivity index (χ1n) is 9.59. The maximum Gasteiger partial charge on any atom is 0.119 e. The average molecular weight is 325 g/mol. The van der Waals surface area contributed by atoms with Gasteiger partial charge >= 0.3 is 0 Å². The minimum Gasteiger partial charge on any atom is -0.494 e. The van der Waals surface area contributed by atoms with Gasteiger partial charge in [-0.2, -0.15) is 0 Å². The summed E-state index contributed by atoms with van der Waals surface area (Å²) < 4.78 is 5.87. The van der Waals surface area contributed by atoms with E-state index in [2.05, 4.69) is 50.2 Å². The van der Waals surface area contributed by atoms with E-state index in [0.717, 1.165) is 38.0 Å². The minimum absolute atomic E-state index is 0.0514. The Balaban J connectivity index is 1.71. The smallest absolute Gasteiger partial charge is 0.119 e.